The molecule has 10 nitrogen and oxygen atoms in total. The first-order valence-electron chi connectivity index (χ1n) is 14.6. The van der Waals surface area contributed by atoms with Crippen LogP contribution in [0.4, 0.5) is 5.69 Å². The molecule has 0 radical (unpaired) electrons. The lowest BCUT2D eigenvalue weighted by Gasteiger charge is -2.43. The number of para-hydroxylation sites is 1. The van der Waals surface area contributed by atoms with Crippen molar-refractivity contribution in [3.63, 3.8) is 0 Å². The van der Waals surface area contributed by atoms with Crippen molar-refractivity contribution in [2.75, 3.05) is 59.1 Å². The van der Waals surface area contributed by atoms with Crippen LogP contribution in [0.15, 0.2) is 60.7 Å². The molecule has 0 bridgehead atoms. The molecule has 0 unspecified atom stereocenters. The minimum absolute atomic E-state index is 0.0822. The molecule has 0 saturated carbocycles. The van der Waals surface area contributed by atoms with E-state index in [0.29, 0.717) is 71.8 Å². The number of benzene rings is 3. The molecule has 3 aromatic rings. The number of rotatable bonds is 10. The number of piperidine rings is 1. The third-order valence-corrected chi connectivity index (χ3v) is 9.04. The summed E-state index contributed by atoms with van der Waals surface area (Å²) in [5.41, 5.74) is 1.15. The van der Waals surface area contributed by atoms with Gasteiger partial charge < -0.3 is 34.2 Å². The zero-order valence-electron chi connectivity index (χ0n) is 25.5. The number of ether oxygens (including phenoxy) is 3. The fourth-order valence-electron chi connectivity index (χ4n) is 6.07. The topological polar surface area (TPSA) is 101 Å². The van der Waals surface area contributed by atoms with Crippen molar-refractivity contribution in [3.05, 3.63) is 81.8 Å². The summed E-state index contributed by atoms with van der Waals surface area (Å²) in [6.45, 7) is 1.20. The maximum atomic E-state index is 14.1. The summed E-state index contributed by atoms with van der Waals surface area (Å²) < 4.78 is 16.4. The minimum Gasteiger partial charge on any atom is -0.496 e. The van der Waals surface area contributed by atoms with Crippen molar-refractivity contribution in [2.24, 2.45) is 0 Å². The maximum absolute atomic E-state index is 14.1. The molecule has 2 heterocycles. The summed E-state index contributed by atoms with van der Waals surface area (Å²) in [5.74, 6) is 0.546. The average molecular weight is 656 g/mol. The predicted octanol–water partition coefficient (Wildman–Crippen LogP) is 4.66. The van der Waals surface area contributed by atoms with E-state index in [0.717, 1.165) is 11.3 Å². The number of likely N-dealkylation sites (tertiary alicyclic amines) is 1. The molecule has 1 spiro atoms. The first kappa shape index (κ1) is 32.2. The Bertz CT molecular complexity index is 1540. The number of nitrogens with one attached hydrogen (secondary N) is 1. The zero-order valence-corrected chi connectivity index (χ0v) is 27.0. The second kappa shape index (κ2) is 13.9. The van der Waals surface area contributed by atoms with Gasteiger partial charge in [0, 0.05) is 47.5 Å². The Labute approximate surface area is 272 Å². The van der Waals surface area contributed by atoms with Crippen LogP contribution in [0.2, 0.25) is 10.0 Å². The van der Waals surface area contributed by atoms with E-state index in [1.165, 1.54) is 21.3 Å². The number of nitrogens with zero attached hydrogens (tertiary/aromatic N) is 3. The highest BCUT2D eigenvalue weighted by Gasteiger charge is 2.54. The Balaban J connectivity index is 1.30. The van der Waals surface area contributed by atoms with Crippen molar-refractivity contribution in [1.82, 2.24) is 15.1 Å². The summed E-state index contributed by atoms with van der Waals surface area (Å²) in [7, 11) is 4.51. The highest BCUT2D eigenvalue weighted by Crippen LogP contribution is 2.41. The molecular formula is C33H36Cl2N4O6. The van der Waals surface area contributed by atoms with E-state index in [1.54, 1.807) is 34.1 Å². The van der Waals surface area contributed by atoms with E-state index in [2.05, 4.69) is 10.2 Å². The SMILES string of the molecule is COc1cc(OC)c(C(=O)N2CCC3(CC2)C(=O)N(CC(=O)NCCc2ccc(Cl)cc2Cl)CN3c2ccccc2)c(OC)c1. The molecule has 2 fully saturated rings. The molecule has 0 atom stereocenters. The molecule has 0 aromatic heterocycles. The van der Waals surface area contributed by atoms with Gasteiger partial charge in [0.1, 0.15) is 34.9 Å². The summed E-state index contributed by atoms with van der Waals surface area (Å²) in [6.07, 6.45) is 1.31. The Morgan fingerprint density at radius 3 is 2.18 bits per heavy atom. The fourth-order valence-corrected chi connectivity index (χ4v) is 6.57. The smallest absolute Gasteiger partial charge is 0.261 e. The van der Waals surface area contributed by atoms with Gasteiger partial charge in [0.2, 0.25) is 5.91 Å². The number of hydrogen-bond acceptors (Lipinski definition) is 7. The van der Waals surface area contributed by atoms with Gasteiger partial charge in [-0.25, -0.2) is 0 Å². The van der Waals surface area contributed by atoms with Gasteiger partial charge in [0.05, 0.1) is 28.0 Å². The molecule has 5 rings (SSSR count). The zero-order chi connectivity index (χ0) is 32.1. The largest absolute Gasteiger partial charge is 0.496 e. The lowest BCUT2D eigenvalue weighted by atomic mass is 9.85. The third-order valence-electron chi connectivity index (χ3n) is 8.45. The highest BCUT2D eigenvalue weighted by atomic mass is 35.5. The number of methoxy groups -OCH3 is 3. The second-order valence-electron chi connectivity index (χ2n) is 11.0. The van der Waals surface area contributed by atoms with Gasteiger partial charge in [-0.05, 0) is 49.1 Å². The molecule has 3 amide bonds. The second-order valence-corrected chi connectivity index (χ2v) is 11.8. The van der Waals surface area contributed by atoms with Crippen LogP contribution in [0.25, 0.3) is 0 Å². The van der Waals surface area contributed by atoms with Gasteiger partial charge in [-0.3, -0.25) is 14.4 Å². The molecular weight excluding hydrogens is 619 g/mol. The normalized spacial score (nSPS) is 15.8. The summed E-state index contributed by atoms with van der Waals surface area (Å²) >= 11 is 12.3. The first-order valence-corrected chi connectivity index (χ1v) is 15.4. The number of anilines is 1. The monoisotopic (exact) mass is 654 g/mol. The predicted molar refractivity (Wildman–Crippen MR) is 173 cm³/mol. The number of amides is 3. The van der Waals surface area contributed by atoms with Crippen molar-refractivity contribution in [3.8, 4) is 17.2 Å². The number of hydrogen-bond donors (Lipinski definition) is 1. The summed E-state index contributed by atoms with van der Waals surface area (Å²) in [5, 5.41) is 4.00. The molecule has 238 valence electrons. The van der Waals surface area contributed by atoms with Crippen LogP contribution >= 0.6 is 23.2 Å². The van der Waals surface area contributed by atoms with Crippen LogP contribution in [0.3, 0.4) is 0 Å². The van der Waals surface area contributed by atoms with Crippen LogP contribution in [0, 0.1) is 0 Å². The van der Waals surface area contributed by atoms with E-state index in [-0.39, 0.29) is 30.9 Å². The van der Waals surface area contributed by atoms with Crippen LogP contribution in [-0.2, 0) is 16.0 Å². The Hall–Kier alpha value is -4.15. The van der Waals surface area contributed by atoms with Crippen LogP contribution in [-0.4, -0.2) is 87.2 Å². The number of halogens is 2. The Kier molecular flexibility index (Phi) is 9.94. The Morgan fingerprint density at radius 1 is 0.911 bits per heavy atom. The third kappa shape index (κ3) is 6.62. The highest BCUT2D eigenvalue weighted by molar-refractivity contribution is 6.35. The molecule has 2 saturated heterocycles. The van der Waals surface area contributed by atoms with Gasteiger partial charge >= 0.3 is 0 Å². The maximum Gasteiger partial charge on any atom is 0.261 e. The average Bonchev–Trinajstić information content (AvgIpc) is 3.31. The standard InChI is InChI=1S/C33H36Cl2N4O6/c1-43-25-18-27(44-2)30(28(19-25)45-3)31(41)37-15-12-33(13-16-37)32(42)38(21-39(33)24-7-5-4-6-8-24)20-29(40)36-14-11-22-9-10-23(34)17-26(22)35/h4-10,17-19H,11-16,20-21H2,1-3H3,(H,36,40). The fraction of sp³-hybridized carbons (Fsp3) is 0.364. The van der Waals surface area contributed by atoms with Crippen molar-refractivity contribution >= 4 is 46.6 Å². The van der Waals surface area contributed by atoms with Crippen LogP contribution in [0.5, 0.6) is 17.2 Å². The van der Waals surface area contributed by atoms with Crippen molar-refractivity contribution < 1.29 is 28.6 Å². The molecule has 0 aliphatic carbocycles. The molecule has 1 N–H and O–H groups in total. The molecule has 2 aliphatic rings. The van der Waals surface area contributed by atoms with Gasteiger partial charge in [0.25, 0.3) is 11.8 Å². The lowest BCUT2D eigenvalue weighted by molar-refractivity contribution is -0.137. The number of carbonyl (C=O) groups is 3. The summed E-state index contributed by atoms with van der Waals surface area (Å²) in [4.78, 5) is 46.3. The molecule has 45 heavy (non-hydrogen) atoms. The van der Waals surface area contributed by atoms with Gasteiger partial charge in [-0.15, -0.1) is 0 Å². The van der Waals surface area contributed by atoms with Gasteiger partial charge in [0.15, 0.2) is 0 Å². The minimum atomic E-state index is -0.899. The summed E-state index contributed by atoms with van der Waals surface area (Å²) in [6, 6.07) is 18.2. The Morgan fingerprint density at radius 2 is 1.58 bits per heavy atom. The van der Waals surface area contributed by atoms with E-state index in [1.807, 2.05) is 36.4 Å². The van der Waals surface area contributed by atoms with E-state index in [4.69, 9.17) is 37.4 Å². The van der Waals surface area contributed by atoms with Crippen molar-refractivity contribution in [2.45, 2.75) is 24.8 Å². The van der Waals surface area contributed by atoms with Crippen molar-refractivity contribution in [1.29, 1.82) is 0 Å². The van der Waals surface area contributed by atoms with E-state index >= 15 is 0 Å². The quantitative estimate of drug-likeness (QED) is 0.339. The molecule has 12 heteroatoms. The first-order chi connectivity index (χ1) is 21.7. The van der Waals surface area contributed by atoms with Crippen LogP contribution < -0.4 is 24.4 Å². The van der Waals surface area contributed by atoms with Crippen LogP contribution in [0.1, 0.15) is 28.8 Å². The van der Waals surface area contributed by atoms with Gasteiger partial charge in [-0.2, -0.15) is 0 Å². The lowest BCUT2D eigenvalue weighted by Crippen LogP contribution is -2.57. The van der Waals surface area contributed by atoms with E-state index < -0.39 is 5.54 Å². The van der Waals surface area contributed by atoms with Gasteiger partial charge in [-0.1, -0.05) is 47.5 Å². The van der Waals surface area contributed by atoms with E-state index in [9.17, 15) is 14.4 Å². The molecule has 3 aromatic carbocycles. The number of carbonyl (C=O) groups excluding carboxylic acids is 3. The molecule has 2 aliphatic heterocycles.